The van der Waals surface area contributed by atoms with Gasteiger partial charge < -0.3 is 4.57 Å². The lowest BCUT2D eigenvalue weighted by Crippen LogP contribution is -2.40. The second-order valence-corrected chi connectivity index (χ2v) is 8.72. The third kappa shape index (κ3) is 3.90. The Morgan fingerprint density at radius 2 is 2.00 bits per heavy atom. The van der Waals surface area contributed by atoms with Crippen molar-refractivity contribution in [1.82, 2.24) is 19.1 Å². The van der Waals surface area contributed by atoms with Gasteiger partial charge in [0.25, 0.3) is 0 Å². The van der Waals surface area contributed by atoms with E-state index in [2.05, 4.69) is 24.0 Å². The van der Waals surface area contributed by atoms with Gasteiger partial charge in [0.15, 0.2) is 0 Å². The summed E-state index contributed by atoms with van der Waals surface area (Å²) in [7, 11) is -3.59. The third-order valence-corrected chi connectivity index (χ3v) is 6.49. The van der Waals surface area contributed by atoms with Crippen molar-refractivity contribution in [2.24, 2.45) is 5.92 Å². The van der Waals surface area contributed by atoms with Crippen LogP contribution in [0.25, 0.3) is 0 Å². The smallest absolute Gasteiger partial charge is 0.243 e. The van der Waals surface area contributed by atoms with Crippen LogP contribution >= 0.6 is 0 Å². The van der Waals surface area contributed by atoms with Gasteiger partial charge in [0.1, 0.15) is 18.0 Å². The summed E-state index contributed by atoms with van der Waals surface area (Å²) in [6, 6.07) is 5.28. The fourth-order valence-corrected chi connectivity index (χ4v) is 4.82. The van der Waals surface area contributed by atoms with Crippen molar-refractivity contribution >= 4 is 10.0 Å². The second-order valence-electron chi connectivity index (χ2n) is 6.78. The van der Waals surface area contributed by atoms with Crippen molar-refractivity contribution in [3.63, 3.8) is 0 Å². The van der Waals surface area contributed by atoms with Crippen molar-refractivity contribution in [2.45, 2.75) is 44.0 Å². The van der Waals surface area contributed by atoms with E-state index >= 15 is 0 Å². The molecule has 1 aliphatic heterocycles. The maximum absolute atomic E-state index is 13.1. The minimum Gasteiger partial charge on any atom is -0.315 e. The predicted molar refractivity (Wildman–Crippen MR) is 92.0 cm³/mol. The van der Waals surface area contributed by atoms with Gasteiger partial charge in [0.05, 0.1) is 4.90 Å². The topological polar surface area (TPSA) is 68.1 Å². The minimum atomic E-state index is -3.59. The van der Waals surface area contributed by atoms with Crippen LogP contribution in [0.3, 0.4) is 0 Å². The zero-order valence-corrected chi connectivity index (χ0v) is 15.3. The average molecular weight is 366 g/mol. The van der Waals surface area contributed by atoms with Gasteiger partial charge in [0, 0.05) is 25.6 Å². The number of hydrogen-bond acceptors (Lipinski definition) is 4. The first-order valence-corrected chi connectivity index (χ1v) is 9.96. The summed E-state index contributed by atoms with van der Waals surface area (Å²) in [6.07, 6.45) is 4.19. The van der Waals surface area contributed by atoms with E-state index in [0.29, 0.717) is 19.5 Å². The van der Waals surface area contributed by atoms with Crippen LogP contribution in [0, 0.1) is 11.7 Å². The molecule has 0 spiro atoms. The van der Waals surface area contributed by atoms with Crippen LogP contribution in [-0.2, 0) is 16.4 Å². The molecule has 2 heterocycles. The van der Waals surface area contributed by atoms with Gasteiger partial charge in [-0.25, -0.2) is 12.8 Å². The fourth-order valence-electron chi connectivity index (χ4n) is 3.27. The van der Waals surface area contributed by atoms with Crippen molar-refractivity contribution < 1.29 is 12.8 Å². The first kappa shape index (κ1) is 18.0. The van der Waals surface area contributed by atoms with Crippen molar-refractivity contribution in [3.8, 4) is 0 Å². The molecule has 8 heteroatoms. The zero-order chi connectivity index (χ0) is 18.0. The van der Waals surface area contributed by atoms with E-state index in [1.165, 1.54) is 28.6 Å². The molecule has 1 fully saturated rings. The van der Waals surface area contributed by atoms with E-state index in [4.69, 9.17) is 0 Å². The molecule has 0 aliphatic carbocycles. The molecule has 1 unspecified atom stereocenters. The first-order valence-electron chi connectivity index (χ1n) is 8.52. The molecule has 25 heavy (non-hydrogen) atoms. The highest BCUT2D eigenvalue weighted by Crippen LogP contribution is 2.26. The Morgan fingerprint density at radius 1 is 1.28 bits per heavy atom. The molecule has 1 aromatic heterocycles. The van der Waals surface area contributed by atoms with Gasteiger partial charge in [-0.3, -0.25) is 0 Å². The van der Waals surface area contributed by atoms with Gasteiger partial charge in [0.2, 0.25) is 10.0 Å². The number of sulfonamides is 1. The molecule has 6 nitrogen and oxygen atoms in total. The standard InChI is InChI=1S/C17H23FN4O2S/c1-13(2)22-12-19-20-17(22)10-14-4-3-9-21(11-14)25(23,24)16-7-5-15(18)6-8-16/h5-8,12-14H,3-4,9-11H2,1-2H3. The Balaban J connectivity index is 1.74. The molecular weight excluding hydrogens is 343 g/mol. The van der Waals surface area contributed by atoms with Crippen molar-refractivity contribution in [2.75, 3.05) is 13.1 Å². The summed E-state index contributed by atoms with van der Waals surface area (Å²) in [5, 5.41) is 8.17. The highest BCUT2D eigenvalue weighted by atomic mass is 32.2. The van der Waals surface area contributed by atoms with Gasteiger partial charge in [-0.1, -0.05) is 0 Å². The second kappa shape index (κ2) is 7.21. The number of piperidine rings is 1. The molecule has 1 aromatic carbocycles. The number of rotatable bonds is 5. The van der Waals surface area contributed by atoms with Crippen LogP contribution in [-0.4, -0.2) is 40.6 Å². The Morgan fingerprint density at radius 3 is 2.68 bits per heavy atom. The molecule has 1 atom stereocenters. The normalized spacial score (nSPS) is 19.4. The predicted octanol–water partition coefficient (Wildman–Crippen LogP) is 2.64. The summed E-state index contributed by atoms with van der Waals surface area (Å²) in [6.45, 7) is 5.08. The monoisotopic (exact) mass is 366 g/mol. The number of benzene rings is 1. The van der Waals surface area contributed by atoms with Crippen LogP contribution in [0.2, 0.25) is 0 Å². The van der Waals surface area contributed by atoms with Crippen LogP contribution < -0.4 is 0 Å². The Bertz CT molecular complexity index is 817. The molecule has 2 aromatic rings. The summed E-state index contributed by atoms with van der Waals surface area (Å²) in [5.74, 6) is 0.648. The van der Waals surface area contributed by atoms with E-state index in [0.717, 1.165) is 18.7 Å². The lowest BCUT2D eigenvalue weighted by atomic mass is 9.96. The van der Waals surface area contributed by atoms with Gasteiger partial charge in [-0.05, 0) is 56.9 Å². The SMILES string of the molecule is CC(C)n1cnnc1CC1CCCN(S(=O)(=O)c2ccc(F)cc2)C1. The van der Waals surface area contributed by atoms with Gasteiger partial charge in [-0.2, -0.15) is 4.31 Å². The number of aromatic nitrogens is 3. The molecule has 1 aliphatic rings. The number of nitrogens with zero attached hydrogens (tertiary/aromatic N) is 4. The summed E-state index contributed by atoms with van der Waals surface area (Å²) >= 11 is 0. The maximum atomic E-state index is 13.1. The molecular formula is C17H23FN4O2S. The summed E-state index contributed by atoms with van der Waals surface area (Å²) < 4.78 is 42.2. The van der Waals surface area contributed by atoms with Gasteiger partial charge in [-0.15, -0.1) is 10.2 Å². The largest absolute Gasteiger partial charge is 0.315 e. The fraction of sp³-hybridized carbons (Fsp3) is 0.529. The number of halogens is 1. The lowest BCUT2D eigenvalue weighted by molar-refractivity contribution is 0.260. The Labute approximate surface area is 147 Å². The van der Waals surface area contributed by atoms with E-state index < -0.39 is 15.8 Å². The quantitative estimate of drug-likeness (QED) is 0.816. The minimum absolute atomic E-state index is 0.139. The highest BCUT2D eigenvalue weighted by molar-refractivity contribution is 7.89. The Hall–Kier alpha value is -1.80. The van der Waals surface area contributed by atoms with E-state index in [9.17, 15) is 12.8 Å². The van der Waals surface area contributed by atoms with Crippen LogP contribution in [0.1, 0.15) is 38.6 Å². The Kier molecular flexibility index (Phi) is 5.19. The van der Waals surface area contributed by atoms with Crippen molar-refractivity contribution in [3.05, 3.63) is 42.2 Å². The lowest BCUT2D eigenvalue weighted by Gasteiger charge is -2.32. The van der Waals surface area contributed by atoms with Gasteiger partial charge >= 0.3 is 0 Å². The molecule has 0 saturated carbocycles. The first-order chi connectivity index (χ1) is 11.9. The average Bonchev–Trinajstić information content (AvgIpc) is 3.04. The molecule has 136 valence electrons. The highest BCUT2D eigenvalue weighted by Gasteiger charge is 2.31. The summed E-state index contributed by atoms with van der Waals surface area (Å²) in [4.78, 5) is 0.139. The molecule has 1 saturated heterocycles. The van der Waals surface area contributed by atoms with Crippen LogP contribution in [0.5, 0.6) is 0 Å². The molecule has 3 rings (SSSR count). The van der Waals surface area contributed by atoms with E-state index in [1.807, 2.05) is 4.57 Å². The molecule has 0 bridgehead atoms. The summed E-state index contributed by atoms with van der Waals surface area (Å²) in [5.41, 5.74) is 0. The van der Waals surface area contributed by atoms with Crippen LogP contribution in [0.4, 0.5) is 4.39 Å². The zero-order valence-electron chi connectivity index (χ0n) is 14.5. The van der Waals surface area contributed by atoms with Crippen molar-refractivity contribution in [1.29, 1.82) is 0 Å². The number of hydrogen-bond donors (Lipinski definition) is 0. The maximum Gasteiger partial charge on any atom is 0.243 e. The molecule has 0 radical (unpaired) electrons. The van der Waals surface area contributed by atoms with Crippen LogP contribution in [0.15, 0.2) is 35.5 Å². The van der Waals surface area contributed by atoms with E-state index in [-0.39, 0.29) is 16.9 Å². The molecule has 0 amide bonds. The third-order valence-electron chi connectivity index (χ3n) is 4.61. The van der Waals surface area contributed by atoms with E-state index in [1.54, 1.807) is 6.33 Å². The molecule has 0 N–H and O–H groups in total.